The lowest BCUT2D eigenvalue weighted by Crippen LogP contribution is -2.53. The number of amides is 1. The van der Waals surface area contributed by atoms with Crippen LogP contribution in [0.25, 0.3) is 0 Å². The number of carbonyl (C=O) groups is 1. The molecule has 3 saturated heterocycles. The third-order valence-electron chi connectivity index (χ3n) is 6.31. The normalized spacial score (nSPS) is 27.8. The third-order valence-corrected chi connectivity index (χ3v) is 6.31. The predicted molar refractivity (Wildman–Crippen MR) is 106 cm³/mol. The predicted octanol–water partition coefficient (Wildman–Crippen LogP) is 1.84. The molecule has 0 radical (unpaired) electrons. The number of ether oxygens (including phenoxy) is 2. The Balaban J connectivity index is 1.36. The molecule has 1 N–H and O–H groups in total. The zero-order chi connectivity index (χ0) is 19.6. The summed E-state index contributed by atoms with van der Waals surface area (Å²) < 4.78 is 11.7. The van der Waals surface area contributed by atoms with Gasteiger partial charge in [-0.25, -0.2) is 4.98 Å². The highest BCUT2D eigenvalue weighted by molar-refractivity contribution is 5.94. The van der Waals surface area contributed by atoms with Crippen LogP contribution in [0.15, 0.2) is 18.3 Å². The van der Waals surface area contributed by atoms with Crippen molar-refractivity contribution in [1.29, 1.82) is 0 Å². The minimum Gasteiger partial charge on any atom is -0.393 e. The molecule has 0 unspecified atom stereocenters. The molecular weight excluding hydrogens is 358 g/mol. The summed E-state index contributed by atoms with van der Waals surface area (Å²) in [5.41, 5.74) is 0.358. The van der Waals surface area contributed by atoms with Crippen molar-refractivity contribution in [3.63, 3.8) is 0 Å². The zero-order valence-corrected chi connectivity index (χ0v) is 16.7. The Morgan fingerprint density at radius 2 is 2.00 bits per heavy atom. The molecule has 3 aliphatic heterocycles. The number of pyridine rings is 1. The summed E-state index contributed by atoms with van der Waals surface area (Å²) in [6.45, 7) is 6.52. The minimum absolute atomic E-state index is 0.0271. The molecule has 1 amide bonds. The smallest absolute Gasteiger partial charge is 0.255 e. The fourth-order valence-corrected chi connectivity index (χ4v) is 4.63. The van der Waals surface area contributed by atoms with E-state index in [2.05, 4.69) is 16.8 Å². The number of morpholine rings is 1. The number of carbonyl (C=O) groups excluding carboxylic acids is 1. The van der Waals surface area contributed by atoms with E-state index in [9.17, 15) is 9.90 Å². The summed E-state index contributed by atoms with van der Waals surface area (Å²) in [7, 11) is 0. The summed E-state index contributed by atoms with van der Waals surface area (Å²) in [6, 6.07) is 3.80. The van der Waals surface area contributed by atoms with Crippen LogP contribution < -0.4 is 4.90 Å². The maximum Gasteiger partial charge on any atom is 0.255 e. The van der Waals surface area contributed by atoms with Crippen LogP contribution in [-0.2, 0) is 9.47 Å². The summed E-state index contributed by atoms with van der Waals surface area (Å²) in [5.74, 6) is 0.923. The number of hydrogen-bond donors (Lipinski definition) is 1. The third kappa shape index (κ3) is 4.16. The molecule has 7 nitrogen and oxygen atoms in total. The second-order valence-corrected chi connectivity index (χ2v) is 8.22. The lowest BCUT2D eigenvalue weighted by atomic mass is 9.81. The van der Waals surface area contributed by atoms with Crippen LogP contribution in [0.3, 0.4) is 0 Å². The molecule has 2 atom stereocenters. The molecule has 4 rings (SSSR count). The van der Waals surface area contributed by atoms with E-state index in [-0.39, 0.29) is 23.7 Å². The molecule has 0 aliphatic carbocycles. The number of hydrogen-bond acceptors (Lipinski definition) is 6. The molecule has 4 heterocycles. The molecule has 3 fully saturated rings. The van der Waals surface area contributed by atoms with Gasteiger partial charge in [-0.1, -0.05) is 6.92 Å². The fraction of sp³-hybridized carbons (Fsp3) is 0.714. The average Bonchev–Trinajstić information content (AvgIpc) is 2.74. The van der Waals surface area contributed by atoms with Gasteiger partial charge in [0, 0.05) is 38.8 Å². The van der Waals surface area contributed by atoms with Gasteiger partial charge >= 0.3 is 0 Å². The summed E-state index contributed by atoms with van der Waals surface area (Å²) in [4.78, 5) is 21.5. The first-order valence-electron chi connectivity index (χ1n) is 10.5. The Labute approximate surface area is 166 Å². The Morgan fingerprint density at radius 1 is 1.25 bits per heavy atom. The zero-order valence-electron chi connectivity index (χ0n) is 16.7. The second-order valence-electron chi connectivity index (χ2n) is 8.22. The van der Waals surface area contributed by atoms with Crippen molar-refractivity contribution in [2.24, 2.45) is 0 Å². The first kappa shape index (κ1) is 19.6. The highest BCUT2D eigenvalue weighted by Crippen LogP contribution is 2.38. The van der Waals surface area contributed by atoms with Gasteiger partial charge in [0.2, 0.25) is 0 Å². The average molecular weight is 389 g/mol. The molecular formula is C21H31N3O4. The van der Waals surface area contributed by atoms with Crippen LogP contribution in [0.4, 0.5) is 5.82 Å². The van der Waals surface area contributed by atoms with Crippen LogP contribution in [0.5, 0.6) is 0 Å². The Bertz CT molecular complexity index is 667. The van der Waals surface area contributed by atoms with Gasteiger partial charge in [0.1, 0.15) is 5.82 Å². The van der Waals surface area contributed by atoms with Crippen LogP contribution in [0.2, 0.25) is 0 Å². The lowest BCUT2D eigenvalue weighted by Gasteiger charge is -2.47. The van der Waals surface area contributed by atoms with Crippen molar-refractivity contribution in [2.45, 2.75) is 56.8 Å². The summed E-state index contributed by atoms with van der Waals surface area (Å²) in [6.07, 6.45) is 5.41. The molecule has 154 valence electrons. The topological polar surface area (TPSA) is 75.1 Å². The van der Waals surface area contributed by atoms with Crippen LogP contribution in [-0.4, -0.2) is 78.1 Å². The number of rotatable bonds is 3. The number of nitrogens with zero attached hydrogens (tertiary/aromatic N) is 3. The van der Waals surface area contributed by atoms with Gasteiger partial charge in [0.15, 0.2) is 0 Å². The number of piperidine rings is 1. The molecule has 3 aliphatic rings. The molecule has 0 bridgehead atoms. The van der Waals surface area contributed by atoms with Gasteiger partial charge in [0.25, 0.3) is 5.91 Å². The standard InChI is InChI=1S/C21H31N3O4/c1-2-18-13-17(25)14-21(28-18)5-7-24(8-6-21)20(26)16-3-4-19(22-15-16)23-9-11-27-12-10-23/h3-4,15,17-18,25H,2,5-14H2,1H3/t17-,18+/m1/s1. The van der Waals surface area contributed by atoms with Gasteiger partial charge in [-0.05, 0) is 37.8 Å². The highest BCUT2D eigenvalue weighted by atomic mass is 16.5. The van der Waals surface area contributed by atoms with Crippen LogP contribution in [0.1, 0.15) is 49.4 Å². The first-order chi connectivity index (χ1) is 13.6. The van der Waals surface area contributed by atoms with Crippen molar-refractivity contribution in [3.8, 4) is 0 Å². The van der Waals surface area contributed by atoms with E-state index in [4.69, 9.17) is 9.47 Å². The number of aromatic nitrogens is 1. The highest BCUT2D eigenvalue weighted by Gasteiger charge is 2.43. The number of aliphatic hydroxyl groups excluding tert-OH is 1. The van der Waals surface area contributed by atoms with Crippen LogP contribution >= 0.6 is 0 Å². The first-order valence-corrected chi connectivity index (χ1v) is 10.5. The molecule has 0 aromatic carbocycles. The van der Waals surface area contributed by atoms with Crippen molar-refractivity contribution < 1.29 is 19.4 Å². The number of anilines is 1. The largest absolute Gasteiger partial charge is 0.393 e. The van der Waals surface area contributed by atoms with Crippen molar-refractivity contribution >= 4 is 11.7 Å². The van der Waals surface area contributed by atoms with Crippen molar-refractivity contribution in [3.05, 3.63) is 23.9 Å². The minimum atomic E-state index is -0.294. The molecule has 1 aromatic heterocycles. The fourth-order valence-electron chi connectivity index (χ4n) is 4.63. The van der Waals surface area contributed by atoms with E-state index < -0.39 is 0 Å². The summed E-state index contributed by atoms with van der Waals surface area (Å²) in [5, 5.41) is 10.2. The molecule has 7 heteroatoms. The number of likely N-dealkylation sites (tertiary alicyclic amines) is 1. The van der Waals surface area contributed by atoms with Gasteiger partial charge < -0.3 is 24.4 Å². The van der Waals surface area contributed by atoms with Crippen molar-refractivity contribution in [2.75, 3.05) is 44.3 Å². The van der Waals surface area contributed by atoms with E-state index in [1.165, 1.54) is 0 Å². The van der Waals surface area contributed by atoms with Gasteiger partial charge in [-0.15, -0.1) is 0 Å². The van der Waals surface area contributed by atoms with E-state index >= 15 is 0 Å². The lowest BCUT2D eigenvalue weighted by molar-refractivity contribution is -0.179. The SMILES string of the molecule is CC[C@H]1C[C@@H](O)CC2(CCN(C(=O)c3ccc(N4CCOCC4)nc3)CC2)O1. The van der Waals surface area contributed by atoms with Gasteiger partial charge in [-0.3, -0.25) is 4.79 Å². The van der Waals surface area contributed by atoms with Crippen molar-refractivity contribution in [1.82, 2.24) is 9.88 Å². The number of aliphatic hydroxyl groups is 1. The second kappa shape index (κ2) is 8.35. The Kier molecular flexibility index (Phi) is 5.85. The van der Waals surface area contributed by atoms with E-state index in [1.807, 2.05) is 17.0 Å². The van der Waals surface area contributed by atoms with Crippen LogP contribution in [0, 0.1) is 0 Å². The quantitative estimate of drug-likeness (QED) is 0.850. The Hall–Kier alpha value is -1.70. The van der Waals surface area contributed by atoms with E-state index in [1.54, 1.807) is 6.20 Å². The summed E-state index contributed by atoms with van der Waals surface area (Å²) >= 11 is 0. The van der Waals surface area contributed by atoms with Gasteiger partial charge in [0.05, 0.1) is 36.6 Å². The van der Waals surface area contributed by atoms with E-state index in [0.29, 0.717) is 38.3 Å². The maximum absolute atomic E-state index is 12.9. The molecule has 28 heavy (non-hydrogen) atoms. The molecule has 0 saturated carbocycles. The molecule has 1 spiro atoms. The monoisotopic (exact) mass is 389 g/mol. The Morgan fingerprint density at radius 3 is 2.64 bits per heavy atom. The van der Waals surface area contributed by atoms with E-state index in [0.717, 1.165) is 44.6 Å². The maximum atomic E-state index is 12.9. The van der Waals surface area contributed by atoms with Gasteiger partial charge in [-0.2, -0.15) is 0 Å². The molecule has 1 aromatic rings.